The van der Waals surface area contributed by atoms with E-state index in [0.717, 1.165) is 11.3 Å². The van der Waals surface area contributed by atoms with Gasteiger partial charge in [0.05, 0.1) is 18.7 Å². The zero-order valence-electron chi connectivity index (χ0n) is 12.7. The van der Waals surface area contributed by atoms with Crippen molar-refractivity contribution in [3.63, 3.8) is 0 Å². The highest BCUT2D eigenvalue weighted by atomic mass is 32.1. The summed E-state index contributed by atoms with van der Waals surface area (Å²) in [6.45, 7) is 2.90. The standard InChI is InChI=1S/C16H18N2O4S/c1-2-22-13-5-3-4-11(6-13)9-17-14(19)8-15-18-12(10-23-15)7-16(20)21/h3-6,10H,2,7-9H2,1H3,(H,17,19)(H,20,21)/p-1. The zero-order valence-corrected chi connectivity index (χ0v) is 13.5. The van der Waals surface area contributed by atoms with Crippen LogP contribution in [0.25, 0.3) is 0 Å². The lowest BCUT2D eigenvalue weighted by Crippen LogP contribution is -2.25. The molecule has 0 saturated heterocycles. The van der Waals surface area contributed by atoms with Gasteiger partial charge in [0.1, 0.15) is 10.8 Å². The number of hydrogen-bond donors (Lipinski definition) is 1. The molecule has 2 aromatic rings. The average molecular weight is 333 g/mol. The second-order valence-electron chi connectivity index (χ2n) is 4.82. The maximum absolute atomic E-state index is 11.9. The van der Waals surface area contributed by atoms with E-state index in [1.807, 2.05) is 31.2 Å². The first-order chi connectivity index (χ1) is 11.1. The van der Waals surface area contributed by atoms with Gasteiger partial charge in [-0.15, -0.1) is 11.3 Å². The number of nitrogens with one attached hydrogen (secondary N) is 1. The van der Waals surface area contributed by atoms with E-state index in [-0.39, 0.29) is 18.7 Å². The lowest BCUT2D eigenvalue weighted by molar-refractivity contribution is -0.304. The Morgan fingerprint density at radius 2 is 2.17 bits per heavy atom. The van der Waals surface area contributed by atoms with E-state index in [9.17, 15) is 14.7 Å². The highest BCUT2D eigenvalue weighted by Gasteiger charge is 2.08. The maximum Gasteiger partial charge on any atom is 0.227 e. The Morgan fingerprint density at radius 1 is 1.35 bits per heavy atom. The summed E-state index contributed by atoms with van der Waals surface area (Å²) in [5, 5.41) is 15.5. The van der Waals surface area contributed by atoms with Crippen molar-refractivity contribution in [1.82, 2.24) is 10.3 Å². The van der Waals surface area contributed by atoms with Gasteiger partial charge in [-0.1, -0.05) is 12.1 Å². The number of aromatic nitrogens is 1. The molecular formula is C16H17N2O4S-. The Hall–Kier alpha value is -2.41. The Balaban J connectivity index is 1.84. The summed E-state index contributed by atoms with van der Waals surface area (Å²) in [6, 6.07) is 7.53. The number of carboxylic acids is 1. The largest absolute Gasteiger partial charge is 0.550 e. The Bertz CT molecular complexity index is 684. The number of carboxylic acid groups (broad SMARTS) is 1. The minimum Gasteiger partial charge on any atom is -0.550 e. The van der Waals surface area contributed by atoms with Crippen LogP contribution in [0.3, 0.4) is 0 Å². The fourth-order valence-electron chi connectivity index (χ4n) is 1.97. The Kier molecular flexibility index (Phi) is 6.10. The van der Waals surface area contributed by atoms with E-state index in [1.54, 1.807) is 5.38 Å². The Morgan fingerprint density at radius 3 is 2.91 bits per heavy atom. The summed E-state index contributed by atoms with van der Waals surface area (Å²) < 4.78 is 5.41. The van der Waals surface area contributed by atoms with Crippen LogP contribution in [0.15, 0.2) is 29.6 Å². The van der Waals surface area contributed by atoms with Gasteiger partial charge in [0, 0.05) is 24.3 Å². The van der Waals surface area contributed by atoms with Crippen LogP contribution in [0.5, 0.6) is 5.75 Å². The molecule has 1 N–H and O–H groups in total. The molecule has 0 unspecified atom stereocenters. The summed E-state index contributed by atoms with van der Waals surface area (Å²) in [6.07, 6.45) is -0.106. The smallest absolute Gasteiger partial charge is 0.227 e. The molecule has 0 atom stereocenters. The maximum atomic E-state index is 11.9. The minimum absolute atomic E-state index is 0.128. The van der Waals surface area contributed by atoms with Gasteiger partial charge in [0.15, 0.2) is 0 Å². The van der Waals surface area contributed by atoms with Crippen molar-refractivity contribution in [3.8, 4) is 5.75 Å². The fraction of sp³-hybridized carbons (Fsp3) is 0.312. The van der Waals surface area contributed by atoms with E-state index >= 15 is 0 Å². The fourth-order valence-corrected chi connectivity index (χ4v) is 2.76. The van der Waals surface area contributed by atoms with Crippen LogP contribution in [-0.2, 0) is 29.0 Å². The van der Waals surface area contributed by atoms with Crippen molar-refractivity contribution >= 4 is 23.2 Å². The molecule has 0 aliphatic carbocycles. The number of nitrogens with zero attached hydrogens (tertiary/aromatic N) is 1. The summed E-state index contributed by atoms with van der Waals surface area (Å²) in [5.74, 6) is -0.576. The first-order valence-corrected chi connectivity index (χ1v) is 8.06. The third-order valence-corrected chi connectivity index (χ3v) is 3.83. The number of carbonyl (C=O) groups excluding carboxylic acids is 2. The molecule has 0 aliphatic heterocycles. The van der Waals surface area contributed by atoms with Gasteiger partial charge in [0.2, 0.25) is 5.91 Å². The van der Waals surface area contributed by atoms with Gasteiger partial charge in [-0.3, -0.25) is 4.79 Å². The normalized spacial score (nSPS) is 10.3. The molecule has 0 bridgehead atoms. The molecule has 23 heavy (non-hydrogen) atoms. The molecule has 1 heterocycles. The minimum atomic E-state index is -1.18. The van der Waals surface area contributed by atoms with Crippen LogP contribution in [0.1, 0.15) is 23.2 Å². The van der Waals surface area contributed by atoms with Gasteiger partial charge >= 0.3 is 0 Å². The summed E-state index contributed by atoms with van der Waals surface area (Å²) in [7, 11) is 0. The second-order valence-corrected chi connectivity index (χ2v) is 5.76. The molecule has 6 nitrogen and oxygen atoms in total. The van der Waals surface area contributed by atoms with Gasteiger partial charge in [-0.25, -0.2) is 4.98 Å². The highest BCUT2D eigenvalue weighted by molar-refractivity contribution is 7.09. The van der Waals surface area contributed by atoms with E-state index in [1.165, 1.54) is 11.3 Å². The number of hydrogen-bond acceptors (Lipinski definition) is 6. The van der Waals surface area contributed by atoms with Crippen LogP contribution in [-0.4, -0.2) is 23.5 Å². The van der Waals surface area contributed by atoms with Gasteiger partial charge in [0.25, 0.3) is 0 Å². The number of amides is 1. The number of thiazole rings is 1. The van der Waals surface area contributed by atoms with Crippen molar-refractivity contribution in [3.05, 3.63) is 45.9 Å². The molecule has 0 radical (unpaired) electrons. The second kappa shape index (κ2) is 8.28. The first kappa shape index (κ1) is 17.0. The predicted molar refractivity (Wildman–Crippen MR) is 84.0 cm³/mol. The van der Waals surface area contributed by atoms with E-state index in [2.05, 4.69) is 10.3 Å². The van der Waals surface area contributed by atoms with Crippen LogP contribution >= 0.6 is 11.3 Å². The van der Waals surface area contributed by atoms with E-state index in [0.29, 0.717) is 23.9 Å². The quantitative estimate of drug-likeness (QED) is 0.767. The number of benzene rings is 1. The molecular weight excluding hydrogens is 316 g/mol. The molecule has 1 amide bonds. The molecule has 2 rings (SSSR count). The average Bonchev–Trinajstić information content (AvgIpc) is 2.92. The first-order valence-electron chi connectivity index (χ1n) is 7.18. The molecule has 7 heteroatoms. The summed E-state index contributed by atoms with van der Waals surface area (Å²) >= 11 is 1.27. The summed E-state index contributed by atoms with van der Waals surface area (Å²) in [4.78, 5) is 26.5. The van der Waals surface area contributed by atoms with Crippen molar-refractivity contribution in [2.45, 2.75) is 26.3 Å². The van der Waals surface area contributed by atoms with Gasteiger partial charge in [-0.2, -0.15) is 0 Å². The van der Waals surface area contributed by atoms with Crippen LogP contribution in [0.4, 0.5) is 0 Å². The van der Waals surface area contributed by atoms with Crippen molar-refractivity contribution in [2.24, 2.45) is 0 Å². The zero-order chi connectivity index (χ0) is 16.7. The molecule has 0 saturated carbocycles. The van der Waals surface area contributed by atoms with E-state index < -0.39 is 5.97 Å². The topological polar surface area (TPSA) is 91.3 Å². The monoisotopic (exact) mass is 333 g/mol. The van der Waals surface area contributed by atoms with Gasteiger partial charge in [-0.05, 0) is 24.6 Å². The molecule has 1 aromatic heterocycles. The van der Waals surface area contributed by atoms with Crippen LogP contribution in [0, 0.1) is 0 Å². The molecule has 122 valence electrons. The molecule has 0 aliphatic rings. The van der Waals surface area contributed by atoms with Crippen molar-refractivity contribution in [2.75, 3.05) is 6.61 Å². The SMILES string of the molecule is CCOc1cccc(CNC(=O)Cc2nc(CC(=O)[O-])cs2)c1. The lowest BCUT2D eigenvalue weighted by Gasteiger charge is -2.07. The molecule has 0 fully saturated rings. The number of aliphatic carboxylic acids is 1. The molecule has 1 aromatic carbocycles. The molecule has 0 spiro atoms. The van der Waals surface area contributed by atoms with Crippen LogP contribution < -0.4 is 15.2 Å². The third kappa shape index (κ3) is 5.71. The van der Waals surface area contributed by atoms with Crippen molar-refractivity contribution < 1.29 is 19.4 Å². The van der Waals surface area contributed by atoms with Gasteiger partial charge < -0.3 is 20.0 Å². The van der Waals surface area contributed by atoms with Crippen molar-refractivity contribution in [1.29, 1.82) is 0 Å². The van der Waals surface area contributed by atoms with Crippen LogP contribution in [0.2, 0.25) is 0 Å². The number of rotatable bonds is 8. The van der Waals surface area contributed by atoms with E-state index in [4.69, 9.17) is 4.74 Å². The third-order valence-electron chi connectivity index (χ3n) is 2.94. The lowest BCUT2D eigenvalue weighted by atomic mass is 10.2. The Labute approximate surface area is 138 Å². The highest BCUT2D eigenvalue weighted by Crippen LogP contribution is 2.14. The predicted octanol–water partition coefficient (Wildman–Crippen LogP) is 0.693. The summed E-state index contributed by atoms with van der Waals surface area (Å²) in [5.41, 5.74) is 1.36. The number of ether oxygens (including phenoxy) is 1. The number of carbonyl (C=O) groups is 2.